The predicted molar refractivity (Wildman–Crippen MR) is 21.5 cm³/mol. The van der Waals surface area contributed by atoms with Gasteiger partial charge in [0.1, 0.15) is 12.0 Å². The normalized spacial score (nSPS) is 10.4. The number of alkyl halides is 2. The fourth-order valence-corrected chi connectivity index (χ4v) is 0.330. The Hall–Kier alpha value is -0.930. The highest BCUT2D eigenvalue weighted by atomic mass is 19.3. The lowest BCUT2D eigenvalue weighted by Gasteiger charge is -1.84. The summed E-state index contributed by atoms with van der Waals surface area (Å²) in [5.41, 5.74) is -0.315. The number of hydrogen-bond acceptors (Lipinski definition) is 2. The highest BCUT2D eigenvalue weighted by Gasteiger charge is 2.07. The Bertz CT molecular complexity index is 149. The minimum atomic E-state index is -2.52. The standard InChI is InChI=1S/C4H3F2NO/c5-4(6)3-1-8-2-7-3/h1-2,4H. The third-order valence-electron chi connectivity index (χ3n) is 0.675. The summed E-state index contributed by atoms with van der Waals surface area (Å²) in [6.07, 6.45) is -0.625. The highest BCUT2D eigenvalue weighted by molar-refractivity contribution is 4.91. The smallest absolute Gasteiger partial charge is 0.283 e. The summed E-state index contributed by atoms with van der Waals surface area (Å²) in [5.74, 6) is 0. The number of aromatic nitrogens is 1. The Kier molecular flexibility index (Phi) is 1.24. The lowest BCUT2D eigenvalue weighted by atomic mass is 10.5. The summed E-state index contributed by atoms with van der Waals surface area (Å²) in [7, 11) is 0. The Balaban J connectivity index is 2.77. The SMILES string of the molecule is FC(F)c1cocn1. The van der Waals surface area contributed by atoms with Gasteiger partial charge < -0.3 is 4.42 Å². The zero-order chi connectivity index (χ0) is 5.98. The number of nitrogens with zero attached hydrogens (tertiary/aromatic N) is 1. The van der Waals surface area contributed by atoms with Gasteiger partial charge in [-0.1, -0.05) is 0 Å². The molecule has 0 atom stereocenters. The first-order valence-electron chi connectivity index (χ1n) is 1.97. The van der Waals surface area contributed by atoms with Gasteiger partial charge in [0.2, 0.25) is 0 Å². The van der Waals surface area contributed by atoms with Crippen LogP contribution in [0.5, 0.6) is 0 Å². The molecule has 0 saturated carbocycles. The van der Waals surface area contributed by atoms with Gasteiger partial charge in [-0.05, 0) is 0 Å². The number of rotatable bonds is 1. The molecular formula is C4H3F2NO. The molecule has 0 radical (unpaired) electrons. The molecule has 0 aliphatic rings. The number of halogens is 2. The maximum absolute atomic E-state index is 11.5. The molecule has 0 spiro atoms. The first-order chi connectivity index (χ1) is 3.80. The summed E-state index contributed by atoms with van der Waals surface area (Å²) >= 11 is 0. The van der Waals surface area contributed by atoms with E-state index in [2.05, 4.69) is 9.40 Å². The molecule has 0 aliphatic heterocycles. The molecule has 0 fully saturated rings. The van der Waals surface area contributed by atoms with Crippen LogP contribution in [0.25, 0.3) is 0 Å². The number of oxazole rings is 1. The first-order valence-corrected chi connectivity index (χ1v) is 1.97. The Labute approximate surface area is 44.1 Å². The molecule has 0 N–H and O–H groups in total. The Morgan fingerprint density at radius 1 is 1.62 bits per heavy atom. The third kappa shape index (κ3) is 0.828. The molecule has 0 saturated heterocycles. The summed E-state index contributed by atoms with van der Waals surface area (Å²) < 4.78 is 27.2. The molecular weight excluding hydrogens is 116 g/mol. The molecule has 0 amide bonds. The van der Waals surface area contributed by atoms with Crippen molar-refractivity contribution in [3.8, 4) is 0 Å². The van der Waals surface area contributed by atoms with Gasteiger partial charge in [0.25, 0.3) is 6.43 Å². The van der Waals surface area contributed by atoms with Gasteiger partial charge in [-0.2, -0.15) is 0 Å². The second-order valence-electron chi connectivity index (χ2n) is 1.21. The fourth-order valence-electron chi connectivity index (χ4n) is 0.330. The maximum atomic E-state index is 11.5. The quantitative estimate of drug-likeness (QED) is 0.561. The minimum absolute atomic E-state index is 0.315. The molecule has 1 rings (SSSR count). The zero-order valence-corrected chi connectivity index (χ0v) is 3.84. The van der Waals surface area contributed by atoms with E-state index in [-0.39, 0.29) is 5.69 Å². The van der Waals surface area contributed by atoms with Crippen LogP contribution in [0.3, 0.4) is 0 Å². The third-order valence-corrected chi connectivity index (χ3v) is 0.675. The molecule has 0 unspecified atom stereocenters. The van der Waals surface area contributed by atoms with E-state index in [4.69, 9.17) is 0 Å². The molecule has 2 nitrogen and oxygen atoms in total. The van der Waals surface area contributed by atoms with Crippen molar-refractivity contribution >= 4 is 0 Å². The monoisotopic (exact) mass is 119 g/mol. The highest BCUT2D eigenvalue weighted by Crippen LogP contribution is 2.14. The topological polar surface area (TPSA) is 26.0 Å². The predicted octanol–water partition coefficient (Wildman–Crippen LogP) is 1.61. The molecule has 0 aliphatic carbocycles. The molecule has 8 heavy (non-hydrogen) atoms. The van der Waals surface area contributed by atoms with E-state index >= 15 is 0 Å². The Morgan fingerprint density at radius 2 is 2.38 bits per heavy atom. The van der Waals surface area contributed by atoms with Crippen LogP contribution in [0.1, 0.15) is 12.1 Å². The zero-order valence-electron chi connectivity index (χ0n) is 3.84. The van der Waals surface area contributed by atoms with E-state index in [1.165, 1.54) is 0 Å². The van der Waals surface area contributed by atoms with E-state index in [0.29, 0.717) is 0 Å². The van der Waals surface area contributed by atoms with Crippen LogP contribution in [0, 0.1) is 0 Å². The number of hydrogen-bond donors (Lipinski definition) is 0. The molecule has 44 valence electrons. The van der Waals surface area contributed by atoms with E-state index < -0.39 is 6.43 Å². The van der Waals surface area contributed by atoms with Crippen LogP contribution >= 0.6 is 0 Å². The van der Waals surface area contributed by atoms with Gasteiger partial charge in [0.15, 0.2) is 6.39 Å². The van der Waals surface area contributed by atoms with E-state index in [1.54, 1.807) is 0 Å². The van der Waals surface area contributed by atoms with E-state index in [0.717, 1.165) is 12.7 Å². The van der Waals surface area contributed by atoms with E-state index in [1.807, 2.05) is 0 Å². The maximum Gasteiger partial charge on any atom is 0.283 e. The average Bonchev–Trinajstić information content (AvgIpc) is 2.12. The van der Waals surface area contributed by atoms with Crippen LogP contribution in [0.15, 0.2) is 17.1 Å². The largest absolute Gasteiger partial charge is 0.451 e. The molecule has 4 heteroatoms. The van der Waals surface area contributed by atoms with Crippen molar-refractivity contribution in [2.75, 3.05) is 0 Å². The van der Waals surface area contributed by atoms with Gasteiger partial charge in [0.05, 0.1) is 0 Å². The van der Waals surface area contributed by atoms with Crippen molar-refractivity contribution in [3.05, 3.63) is 18.4 Å². The van der Waals surface area contributed by atoms with Crippen LogP contribution in [0.4, 0.5) is 8.78 Å². The molecule has 0 aromatic carbocycles. The summed E-state index contributed by atoms with van der Waals surface area (Å²) in [6.45, 7) is 0. The Morgan fingerprint density at radius 3 is 2.62 bits per heavy atom. The van der Waals surface area contributed by atoms with Crippen LogP contribution in [-0.2, 0) is 0 Å². The first kappa shape index (κ1) is 5.21. The van der Waals surface area contributed by atoms with Crippen molar-refractivity contribution in [1.82, 2.24) is 4.98 Å². The second-order valence-corrected chi connectivity index (χ2v) is 1.21. The lowest BCUT2D eigenvalue weighted by molar-refractivity contribution is 0.146. The molecule has 0 bridgehead atoms. The average molecular weight is 119 g/mol. The van der Waals surface area contributed by atoms with Gasteiger partial charge in [-0.3, -0.25) is 0 Å². The molecule has 1 heterocycles. The van der Waals surface area contributed by atoms with Crippen LogP contribution in [-0.4, -0.2) is 4.98 Å². The van der Waals surface area contributed by atoms with Crippen LogP contribution < -0.4 is 0 Å². The minimum Gasteiger partial charge on any atom is -0.451 e. The van der Waals surface area contributed by atoms with Crippen LogP contribution in [0.2, 0.25) is 0 Å². The van der Waals surface area contributed by atoms with Crippen molar-refractivity contribution in [2.45, 2.75) is 6.43 Å². The lowest BCUT2D eigenvalue weighted by Crippen LogP contribution is -1.79. The van der Waals surface area contributed by atoms with Gasteiger partial charge in [-0.25, -0.2) is 13.8 Å². The fraction of sp³-hybridized carbons (Fsp3) is 0.250. The van der Waals surface area contributed by atoms with Crippen molar-refractivity contribution in [3.63, 3.8) is 0 Å². The summed E-state index contributed by atoms with van der Waals surface area (Å²) in [6, 6.07) is 0. The van der Waals surface area contributed by atoms with Gasteiger partial charge >= 0.3 is 0 Å². The molecule has 1 aromatic rings. The summed E-state index contributed by atoms with van der Waals surface area (Å²) in [4.78, 5) is 3.20. The van der Waals surface area contributed by atoms with Gasteiger partial charge in [-0.15, -0.1) is 0 Å². The van der Waals surface area contributed by atoms with Crippen molar-refractivity contribution < 1.29 is 13.2 Å². The molecule has 1 aromatic heterocycles. The summed E-state index contributed by atoms with van der Waals surface area (Å²) in [5, 5.41) is 0. The van der Waals surface area contributed by atoms with Gasteiger partial charge in [0, 0.05) is 0 Å². The second kappa shape index (κ2) is 1.90. The van der Waals surface area contributed by atoms with Crippen molar-refractivity contribution in [2.24, 2.45) is 0 Å². The van der Waals surface area contributed by atoms with Crippen molar-refractivity contribution in [1.29, 1.82) is 0 Å². The van der Waals surface area contributed by atoms with E-state index in [9.17, 15) is 8.78 Å².